The normalized spacial score (nSPS) is 16.1. The Morgan fingerprint density at radius 2 is 2.29 bits per heavy atom. The van der Waals surface area contributed by atoms with Gasteiger partial charge in [0.05, 0.1) is 12.3 Å². The minimum Gasteiger partial charge on any atom is -0.487 e. The van der Waals surface area contributed by atoms with Gasteiger partial charge >= 0.3 is 0 Å². The maximum absolute atomic E-state index is 13.5. The highest BCUT2D eigenvalue weighted by molar-refractivity contribution is 5.80. The lowest BCUT2D eigenvalue weighted by molar-refractivity contribution is 0.287. The summed E-state index contributed by atoms with van der Waals surface area (Å²) in [6.07, 6.45) is 3.18. The zero-order valence-corrected chi connectivity index (χ0v) is 7.48. The molecule has 0 radical (unpaired) electrons. The van der Waals surface area contributed by atoms with Gasteiger partial charge in [-0.3, -0.25) is 0 Å². The highest BCUT2D eigenvalue weighted by Gasteiger charge is 2.25. The van der Waals surface area contributed by atoms with Crippen LogP contribution < -0.4 is 4.74 Å². The first-order valence-corrected chi connectivity index (χ1v) is 4.44. The monoisotopic (exact) mass is 195 g/mol. The van der Waals surface area contributed by atoms with Gasteiger partial charge in [-0.25, -0.2) is 4.39 Å². The lowest BCUT2D eigenvalue weighted by Crippen LogP contribution is -2.00. The Morgan fingerprint density at radius 1 is 1.50 bits per heavy atom. The molecule has 1 aliphatic rings. The fraction of sp³-hybridized carbons (Fsp3) is 0.300. The first-order chi connectivity index (χ1) is 6.81. The van der Waals surface area contributed by atoms with Gasteiger partial charge in [-0.15, -0.1) is 0 Å². The second-order valence-electron chi connectivity index (χ2n) is 3.22. The Morgan fingerprint density at radius 3 is 2.93 bits per heavy atom. The molecule has 0 spiro atoms. The van der Waals surface area contributed by atoms with Crippen molar-refractivity contribution in [3.8, 4) is 5.75 Å². The van der Waals surface area contributed by atoms with Gasteiger partial charge in [-0.05, 0) is 18.9 Å². The van der Waals surface area contributed by atoms with Gasteiger partial charge < -0.3 is 9.94 Å². The molecule has 1 fully saturated rings. The second-order valence-corrected chi connectivity index (χ2v) is 3.22. The first kappa shape index (κ1) is 8.99. The average molecular weight is 195 g/mol. The largest absolute Gasteiger partial charge is 0.487 e. The van der Waals surface area contributed by atoms with Crippen molar-refractivity contribution in [1.82, 2.24) is 0 Å². The Balaban J connectivity index is 2.25. The van der Waals surface area contributed by atoms with Gasteiger partial charge in [0, 0.05) is 5.56 Å². The molecule has 1 saturated carbocycles. The molecule has 1 N–H and O–H groups in total. The third-order valence-electron chi connectivity index (χ3n) is 2.01. The van der Waals surface area contributed by atoms with E-state index in [0.29, 0.717) is 0 Å². The first-order valence-electron chi connectivity index (χ1n) is 4.44. The Hall–Kier alpha value is -1.58. The molecular formula is C10H10FNO2. The van der Waals surface area contributed by atoms with Crippen LogP contribution in [0.2, 0.25) is 0 Å². The summed E-state index contributed by atoms with van der Waals surface area (Å²) in [6.45, 7) is 0. The van der Waals surface area contributed by atoms with Crippen molar-refractivity contribution < 1.29 is 14.3 Å². The smallest absolute Gasteiger partial charge is 0.173 e. The van der Waals surface area contributed by atoms with Gasteiger partial charge in [0.15, 0.2) is 11.6 Å². The van der Waals surface area contributed by atoms with E-state index in [4.69, 9.17) is 9.94 Å². The zero-order chi connectivity index (χ0) is 9.97. The van der Waals surface area contributed by atoms with E-state index in [1.807, 2.05) is 0 Å². The van der Waals surface area contributed by atoms with Crippen LogP contribution in [0.3, 0.4) is 0 Å². The third-order valence-corrected chi connectivity index (χ3v) is 2.01. The van der Waals surface area contributed by atoms with Gasteiger partial charge in [-0.2, -0.15) is 0 Å². The van der Waals surface area contributed by atoms with Gasteiger partial charge in [0.1, 0.15) is 0 Å². The fourth-order valence-electron chi connectivity index (χ4n) is 1.15. The van der Waals surface area contributed by atoms with Gasteiger partial charge in [0.2, 0.25) is 0 Å². The molecule has 0 heterocycles. The molecule has 0 bridgehead atoms. The summed E-state index contributed by atoms with van der Waals surface area (Å²) < 4.78 is 18.8. The van der Waals surface area contributed by atoms with Crippen molar-refractivity contribution in [3.05, 3.63) is 29.6 Å². The van der Waals surface area contributed by atoms with Crippen LogP contribution in [0.15, 0.2) is 23.4 Å². The van der Waals surface area contributed by atoms with Crippen LogP contribution in [0.25, 0.3) is 0 Å². The number of benzene rings is 1. The molecule has 0 saturated heterocycles. The van der Waals surface area contributed by atoms with Crippen molar-refractivity contribution in [1.29, 1.82) is 0 Å². The average Bonchev–Trinajstić information content (AvgIpc) is 2.96. The fourth-order valence-corrected chi connectivity index (χ4v) is 1.15. The molecule has 0 unspecified atom stereocenters. The summed E-state index contributed by atoms with van der Waals surface area (Å²) in [7, 11) is 0. The highest BCUT2D eigenvalue weighted by Crippen LogP contribution is 2.29. The number of nitrogens with zero attached hydrogens (tertiary/aromatic N) is 1. The standard InChI is InChI=1S/C10H10FNO2/c11-10-7(6-12-13)2-1-3-9(10)14-8-4-5-8/h1-3,6,8,13H,4-5H2/b12-6+. The molecule has 4 heteroatoms. The molecule has 2 rings (SSSR count). The molecule has 0 aromatic heterocycles. The van der Waals surface area contributed by atoms with Crippen LogP contribution in [0, 0.1) is 5.82 Å². The highest BCUT2D eigenvalue weighted by atomic mass is 19.1. The number of hydrogen-bond donors (Lipinski definition) is 1. The number of oxime groups is 1. The van der Waals surface area contributed by atoms with Crippen molar-refractivity contribution >= 4 is 6.21 Å². The number of halogens is 1. The van der Waals surface area contributed by atoms with E-state index in [0.717, 1.165) is 19.1 Å². The number of rotatable bonds is 3. The summed E-state index contributed by atoms with van der Waals surface area (Å²) in [5.41, 5.74) is 0.227. The zero-order valence-electron chi connectivity index (χ0n) is 7.48. The third kappa shape index (κ3) is 1.84. The lowest BCUT2D eigenvalue weighted by Gasteiger charge is -2.06. The number of hydrogen-bond acceptors (Lipinski definition) is 3. The van der Waals surface area contributed by atoms with E-state index in [2.05, 4.69) is 5.16 Å². The SMILES string of the molecule is O/N=C/c1cccc(OC2CC2)c1F. The molecule has 1 aromatic carbocycles. The summed E-state index contributed by atoms with van der Waals surface area (Å²) >= 11 is 0. The van der Waals surface area contributed by atoms with E-state index in [9.17, 15) is 4.39 Å². The van der Waals surface area contributed by atoms with Gasteiger partial charge in [-0.1, -0.05) is 17.3 Å². The van der Waals surface area contributed by atoms with Crippen molar-refractivity contribution in [2.24, 2.45) is 5.16 Å². The van der Waals surface area contributed by atoms with Crippen molar-refractivity contribution in [2.45, 2.75) is 18.9 Å². The Bertz CT molecular complexity index is 361. The van der Waals surface area contributed by atoms with Crippen LogP contribution in [-0.2, 0) is 0 Å². The van der Waals surface area contributed by atoms with Crippen LogP contribution in [0.5, 0.6) is 5.75 Å². The quantitative estimate of drug-likeness (QED) is 0.456. The summed E-state index contributed by atoms with van der Waals surface area (Å²) in [4.78, 5) is 0. The topological polar surface area (TPSA) is 41.8 Å². The lowest BCUT2D eigenvalue weighted by atomic mass is 10.2. The molecule has 1 aliphatic carbocycles. The molecule has 3 nitrogen and oxygen atoms in total. The van der Waals surface area contributed by atoms with E-state index in [1.54, 1.807) is 12.1 Å². The maximum atomic E-state index is 13.5. The maximum Gasteiger partial charge on any atom is 0.173 e. The van der Waals surface area contributed by atoms with Crippen LogP contribution in [0.4, 0.5) is 4.39 Å². The van der Waals surface area contributed by atoms with Crippen molar-refractivity contribution in [3.63, 3.8) is 0 Å². The van der Waals surface area contributed by atoms with Crippen LogP contribution in [0.1, 0.15) is 18.4 Å². The van der Waals surface area contributed by atoms with Crippen LogP contribution in [-0.4, -0.2) is 17.5 Å². The van der Waals surface area contributed by atoms with Crippen LogP contribution >= 0.6 is 0 Å². The molecule has 0 atom stereocenters. The van der Waals surface area contributed by atoms with E-state index < -0.39 is 5.82 Å². The predicted octanol–water partition coefficient (Wildman–Crippen LogP) is 2.17. The van der Waals surface area contributed by atoms with Crippen molar-refractivity contribution in [2.75, 3.05) is 0 Å². The summed E-state index contributed by atoms with van der Waals surface area (Å²) in [5, 5.41) is 11.1. The molecular weight excluding hydrogens is 185 g/mol. The molecule has 1 aromatic rings. The summed E-state index contributed by atoms with van der Waals surface area (Å²) in [5.74, 6) is -0.248. The predicted molar refractivity (Wildman–Crippen MR) is 49.4 cm³/mol. The van der Waals surface area contributed by atoms with E-state index in [-0.39, 0.29) is 17.4 Å². The molecule has 0 aliphatic heterocycles. The number of ether oxygens (including phenoxy) is 1. The summed E-state index contributed by atoms with van der Waals surface area (Å²) in [6, 6.07) is 4.76. The van der Waals surface area contributed by atoms with E-state index >= 15 is 0 Å². The minimum atomic E-state index is -0.475. The molecule has 0 amide bonds. The van der Waals surface area contributed by atoms with E-state index in [1.165, 1.54) is 6.07 Å². The Kier molecular flexibility index (Phi) is 2.35. The molecule has 74 valence electrons. The second kappa shape index (κ2) is 3.65. The van der Waals surface area contributed by atoms with Gasteiger partial charge in [0.25, 0.3) is 0 Å². The minimum absolute atomic E-state index is 0.158. The molecule has 14 heavy (non-hydrogen) atoms. The Labute approximate surface area is 80.8 Å².